The summed E-state index contributed by atoms with van der Waals surface area (Å²) in [6.45, 7) is 1.90. The van der Waals surface area contributed by atoms with Crippen LogP contribution in [0, 0.1) is 18.8 Å². The highest BCUT2D eigenvalue weighted by Gasteiger charge is 2.23. The zero-order valence-electron chi connectivity index (χ0n) is 15.0. The van der Waals surface area contributed by atoms with Gasteiger partial charge in [0.2, 0.25) is 0 Å². The molecule has 138 valence electrons. The largest absolute Gasteiger partial charge is 0.508 e. The van der Waals surface area contributed by atoms with Crippen molar-refractivity contribution in [2.24, 2.45) is 0 Å². The summed E-state index contributed by atoms with van der Waals surface area (Å²) in [5, 5.41) is 10.3. The maximum atomic E-state index is 13.3. The van der Waals surface area contributed by atoms with E-state index in [1.54, 1.807) is 66.9 Å². The molecule has 0 unspecified atom stereocenters. The number of benzene rings is 2. The SMILES string of the molecule is Cc1ccc(S(=O)(=O)n2c(C#Cc3cccc(O)c3)cc3cccnc32)cc1. The predicted octanol–water partition coefficient (Wildman–Crippen LogP) is 3.69. The van der Waals surface area contributed by atoms with Gasteiger partial charge in [0.15, 0.2) is 5.65 Å². The molecule has 0 radical (unpaired) electrons. The first-order valence-corrected chi connectivity index (χ1v) is 9.99. The molecule has 2 aromatic heterocycles. The van der Waals surface area contributed by atoms with Crippen LogP contribution in [0.3, 0.4) is 0 Å². The molecule has 6 heteroatoms. The maximum absolute atomic E-state index is 13.3. The van der Waals surface area contributed by atoms with Gasteiger partial charge in [0.1, 0.15) is 11.4 Å². The van der Waals surface area contributed by atoms with Crippen LogP contribution < -0.4 is 0 Å². The Morgan fingerprint density at radius 2 is 1.75 bits per heavy atom. The number of phenols is 1. The maximum Gasteiger partial charge on any atom is 0.270 e. The Morgan fingerprint density at radius 1 is 0.964 bits per heavy atom. The van der Waals surface area contributed by atoms with E-state index in [-0.39, 0.29) is 10.6 Å². The van der Waals surface area contributed by atoms with E-state index in [9.17, 15) is 13.5 Å². The van der Waals surface area contributed by atoms with E-state index in [0.717, 1.165) is 5.56 Å². The standard InChI is InChI=1S/C22H16N2O3S/c1-16-7-11-21(12-8-16)28(26,27)24-19(15-18-5-3-13-23-22(18)24)10-9-17-4-2-6-20(25)14-17/h2-8,11-15,25H,1H3. The van der Waals surface area contributed by atoms with Crippen LogP contribution in [0.4, 0.5) is 0 Å². The van der Waals surface area contributed by atoms with Gasteiger partial charge in [-0.05, 0) is 61.4 Å². The second-order valence-electron chi connectivity index (χ2n) is 6.33. The minimum absolute atomic E-state index is 0.0984. The van der Waals surface area contributed by atoms with Crippen LogP contribution in [0.5, 0.6) is 5.75 Å². The van der Waals surface area contributed by atoms with Gasteiger partial charge in [-0.3, -0.25) is 0 Å². The van der Waals surface area contributed by atoms with Crippen LogP contribution in [0.15, 0.2) is 77.8 Å². The fourth-order valence-corrected chi connectivity index (χ4v) is 4.31. The average molecular weight is 388 g/mol. The fraction of sp³-hybridized carbons (Fsp3) is 0.0455. The Morgan fingerprint density at radius 3 is 2.50 bits per heavy atom. The molecule has 0 fully saturated rings. The molecule has 4 aromatic rings. The van der Waals surface area contributed by atoms with E-state index in [0.29, 0.717) is 22.3 Å². The zero-order valence-corrected chi connectivity index (χ0v) is 15.8. The Bertz CT molecular complexity index is 1340. The fourth-order valence-electron chi connectivity index (χ4n) is 2.88. The molecule has 1 N–H and O–H groups in total. The molecule has 0 aliphatic rings. The number of hydrogen-bond acceptors (Lipinski definition) is 4. The lowest BCUT2D eigenvalue weighted by Crippen LogP contribution is -2.15. The van der Waals surface area contributed by atoms with Crippen molar-refractivity contribution in [1.82, 2.24) is 8.96 Å². The molecule has 0 spiro atoms. The Labute approximate surface area is 163 Å². The minimum Gasteiger partial charge on any atom is -0.508 e. The third-order valence-electron chi connectivity index (χ3n) is 4.26. The van der Waals surface area contributed by atoms with Gasteiger partial charge < -0.3 is 5.11 Å². The molecule has 0 saturated heterocycles. The second-order valence-corrected chi connectivity index (χ2v) is 8.12. The van der Waals surface area contributed by atoms with Gasteiger partial charge in [0, 0.05) is 17.1 Å². The highest BCUT2D eigenvalue weighted by Crippen LogP contribution is 2.24. The van der Waals surface area contributed by atoms with Crippen molar-refractivity contribution in [2.45, 2.75) is 11.8 Å². The number of aromatic nitrogens is 2. The van der Waals surface area contributed by atoms with Crippen LogP contribution in [0.1, 0.15) is 16.8 Å². The summed E-state index contributed by atoms with van der Waals surface area (Å²) in [7, 11) is -3.88. The van der Waals surface area contributed by atoms with Crippen LogP contribution in [0.2, 0.25) is 0 Å². The lowest BCUT2D eigenvalue weighted by atomic mass is 10.2. The normalized spacial score (nSPS) is 11.2. The Hall–Kier alpha value is -3.56. The van der Waals surface area contributed by atoms with Crippen molar-refractivity contribution in [3.05, 3.63) is 89.7 Å². The summed E-state index contributed by atoms with van der Waals surface area (Å²) in [6, 6.07) is 18.4. The number of hydrogen-bond donors (Lipinski definition) is 1. The first-order chi connectivity index (χ1) is 13.4. The van der Waals surface area contributed by atoms with Gasteiger partial charge in [-0.2, -0.15) is 0 Å². The lowest BCUT2D eigenvalue weighted by Gasteiger charge is -2.09. The quantitative estimate of drug-likeness (QED) is 0.532. The van der Waals surface area contributed by atoms with Crippen molar-refractivity contribution < 1.29 is 13.5 Å². The topological polar surface area (TPSA) is 72.2 Å². The predicted molar refractivity (Wildman–Crippen MR) is 108 cm³/mol. The summed E-state index contributed by atoms with van der Waals surface area (Å²) >= 11 is 0. The summed E-state index contributed by atoms with van der Waals surface area (Å²) in [5.74, 6) is 5.93. The first-order valence-electron chi connectivity index (χ1n) is 8.55. The number of aryl methyl sites for hydroxylation is 1. The van der Waals surface area contributed by atoms with E-state index < -0.39 is 10.0 Å². The molecule has 0 bridgehead atoms. The van der Waals surface area contributed by atoms with E-state index in [1.807, 2.05) is 6.92 Å². The monoisotopic (exact) mass is 388 g/mol. The number of rotatable bonds is 2. The van der Waals surface area contributed by atoms with Crippen molar-refractivity contribution in [3.63, 3.8) is 0 Å². The zero-order chi connectivity index (χ0) is 19.7. The Kier molecular flexibility index (Phi) is 4.38. The summed E-state index contributed by atoms with van der Waals surface area (Å²) < 4.78 is 27.8. The summed E-state index contributed by atoms with van der Waals surface area (Å²) in [6.07, 6.45) is 1.55. The van der Waals surface area contributed by atoms with Crippen LogP contribution in [-0.4, -0.2) is 22.5 Å². The van der Waals surface area contributed by atoms with Gasteiger partial charge >= 0.3 is 0 Å². The van der Waals surface area contributed by atoms with Gasteiger partial charge in [0.25, 0.3) is 10.0 Å². The molecule has 0 saturated carbocycles. The molecule has 2 heterocycles. The van der Waals surface area contributed by atoms with Gasteiger partial charge in [-0.25, -0.2) is 17.4 Å². The van der Waals surface area contributed by atoms with Crippen LogP contribution in [-0.2, 0) is 10.0 Å². The smallest absolute Gasteiger partial charge is 0.270 e. The number of nitrogens with zero attached hydrogens (tertiary/aromatic N) is 2. The van der Waals surface area contributed by atoms with Crippen LogP contribution >= 0.6 is 0 Å². The molecule has 0 atom stereocenters. The second kappa shape index (κ2) is 6.87. The molecule has 2 aromatic carbocycles. The van der Waals surface area contributed by atoms with E-state index in [2.05, 4.69) is 16.8 Å². The number of pyridine rings is 1. The van der Waals surface area contributed by atoms with Crippen LogP contribution in [0.25, 0.3) is 11.0 Å². The third kappa shape index (κ3) is 3.24. The summed E-state index contributed by atoms with van der Waals surface area (Å²) in [5.41, 5.74) is 2.18. The number of aromatic hydroxyl groups is 1. The number of phenolic OH excluding ortho intramolecular Hbond substituents is 1. The molecule has 5 nitrogen and oxygen atoms in total. The van der Waals surface area contributed by atoms with Gasteiger partial charge in [0.05, 0.1) is 4.90 Å². The molecule has 0 amide bonds. The number of fused-ring (bicyclic) bond motifs is 1. The van der Waals surface area contributed by atoms with Gasteiger partial charge in [-0.1, -0.05) is 29.7 Å². The minimum atomic E-state index is -3.88. The Balaban J connectivity index is 1.93. The third-order valence-corrected chi connectivity index (χ3v) is 5.98. The molecule has 0 aliphatic heterocycles. The average Bonchev–Trinajstić information content (AvgIpc) is 3.06. The first kappa shape index (κ1) is 17.8. The van der Waals surface area contributed by atoms with E-state index in [4.69, 9.17) is 0 Å². The van der Waals surface area contributed by atoms with Crippen molar-refractivity contribution in [1.29, 1.82) is 0 Å². The highest BCUT2D eigenvalue weighted by molar-refractivity contribution is 7.90. The molecule has 28 heavy (non-hydrogen) atoms. The highest BCUT2D eigenvalue weighted by atomic mass is 32.2. The molecule has 0 aliphatic carbocycles. The summed E-state index contributed by atoms with van der Waals surface area (Å²) in [4.78, 5) is 4.42. The van der Waals surface area contributed by atoms with E-state index in [1.165, 1.54) is 10.0 Å². The lowest BCUT2D eigenvalue weighted by molar-refractivity contribution is 0.475. The van der Waals surface area contributed by atoms with E-state index >= 15 is 0 Å². The molecule has 4 rings (SSSR count). The van der Waals surface area contributed by atoms with Crippen molar-refractivity contribution in [2.75, 3.05) is 0 Å². The van der Waals surface area contributed by atoms with Crippen molar-refractivity contribution >= 4 is 21.1 Å². The molecular weight excluding hydrogens is 372 g/mol. The molecular formula is C22H16N2O3S. The van der Waals surface area contributed by atoms with Gasteiger partial charge in [-0.15, -0.1) is 0 Å². The van der Waals surface area contributed by atoms with Crippen molar-refractivity contribution in [3.8, 4) is 17.6 Å².